The Bertz CT molecular complexity index is 518. The van der Waals surface area contributed by atoms with E-state index in [0.717, 1.165) is 0 Å². The Morgan fingerprint density at radius 2 is 2.05 bits per heavy atom. The maximum atomic E-state index is 11.5. The zero-order chi connectivity index (χ0) is 15.0. The average Bonchev–Trinajstić information content (AvgIpc) is 2.41. The van der Waals surface area contributed by atoms with Crippen LogP contribution in [0.3, 0.4) is 0 Å². The number of nitrogens with one attached hydrogen (secondary N) is 2. The van der Waals surface area contributed by atoms with E-state index in [1.165, 1.54) is 13.2 Å². The fourth-order valence-electron chi connectivity index (χ4n) is 1.43. The molecule has 0 saturated heterocycles. The maximum absolute atomic E-state index is 11.5. The van der Waals surface area contributed by atoms with Gasteiger partial charge in [-0.25, -0.2) is 4.79 Å². The molecule has 0 saturated carbocycles. The Hall–Kier alpha value is -2.21. The van der Waals surface area contributed by atoms with Crippen molar-refractivity contribution in [2.45, 2.75) is 0 Å². The lowest BCUT2D eigenvalue weighted by molar-refractivity contribution is -0.116. The molecule has 3 amide bonds. The predicted molar refractivity (Wildman–Crippen MR) is 77.6 cm³/mol. The van der Waals surface area contributed by atoms with Gasteiger partial charge in [-0.05, 0) is 24.3 Å². The molecular weight excluding hydrogens is 282 g/mol. The SMILES string of the molecule is COc1ccc(Cl)cc1/C=C\C(=O)NCCNC(N)=O. The van der Waals surface area contributed by atoms with Crippen LogP contribution >= 0.6 is 11.6 Å². The first-order chi connectivity index (χ1) is 9.52. The van der Waals surface area contributed by atoms with Crippen molar-refractivity contribution in [2.24, 2.45) is 5.73 Å². The predicted octanol–water partition coefficient (Wildman–Crippen LogP) is 1.15. The number of rotatable bonds is 6. The summed E-state index contributed by atoms with van der Waals surface area (Å²) in [5.41, 5.74) is 5.59. The van der Waals surface area contributed by atoms with E-state index in [1.54, 1.807) is 24.3 Å². The van der Waals surface area contributed by atoms with Crippen molar-refractivity contribution in [1.82, 2.24) is 10.6 Å². The van der Waals surface area contributed by atoms with E-state index < -0.39 is 6.03 Å². The van der Waals surface area contributed by atoms with Crippen molar-refractivity contribution in [3.63, 3.8) is 0 Å². The number of hydrogen-bond donors (Lipinski definition) is 3. The lowest BCUT2D eigenvalue weighted by Crippen LogP contribution is -2.36. The highest BCUT2D eigenvalue weighted by molar-refractivity contribution is 6.30. The van der Waals surface area contributed by atoms with Crippen molar-refractivity contribution >= 4 is 29.6 Å². The molecule has 0 aliphatic rings. The summed E-state index contributed by atoms with van der Waals surface area (Å²) in [5, 5.41) is 5.51. The summed E-state index contributed by atoms with van der Waals surface area (Å²) in [6.07, 6.45) is 2.96. The molecule has 0 heterocycles. The number of primary amides is 1. The molecule has 0 aromatic heterocycles. The van der Waals surface area contributed by atoms with Crippen LogP contribution in [0.5, 0.6) is 5.75 Å². The molecule has 0 aliphatic heterocycles. The second-order valence-electron chi connectivity index (χ2n) is 3.80. The van der Waals surface area contributed by atoms with Gasteiger partial charge >= 0.3 is 6.03 Å². The van der Waals surface area contributed by atoms with Gasteiger partial charge in [-0.3, -0.25) is 4.79 Å². The van der Waals surface area contributed by atoms with Gasteiger partial charge in [0.25, 0.3) is 0 Å². The van der Waals surface area contributed by atoms with Crippen LogP contribution in [-0.2, 0) is 4.79 Å². The van der Waals surface area contributed by atoms with Gasteiger partial charge in [0.1, 0.15) is 5.75 Å². The van der Waals surface area contributed by atoms with Crippen LogP contribution in [0.4, 0.5) is 4.79 Å². The van der Waals surface area contributed by atoms with E-state index >= 15 is 0 Å². The largest absolute Gasteiger partial charge is 0.496 e. The molecule has 7 heteroatoms. The number of benzene rings is 1. The summed E-state index contributed by atoms with van der Waals surface area (Å²) < 4.78 is 5.15. The zero-order valence-corrected chi connectivity index (χ0v) is 11.7. The molecule has 0 spiro atoms. The van der Waals surface area contributed by atoms with Gasteiger partial charge in [-0.1, -0.05) is 11.6 Å². The number of carbonyl (C=O) groups is 2. The molecule has 0 fully saturated rings. The molecule has 20 heavy (non-hydrogen) atoms. The van der Waals surface area contributed by atoms with Crippen LogP contribution in [0.1, 0.15) is 5.56 Å². The second-order valence-corrected chi connectivity index (χ2v) is 4.24. The number of amides is 3. The number of nitrogens with two attached hydrogens (primary N) is 1. The average molecular weight is 298 g/mol. The number of hydrogen-bond acceptors (Lipinski definition) is 3. The maximum Gasteiger partial charge on any atom is 0.312 e. The minimum atomic E-state index is -0.626. The van der Waals surface area contributed by atoms with Gasteiger partial charge < -0.3 is 21.1 Å². The minimum absolute atomic E-state index is 0.273. The number of ether oxygens (including phenoxy) is 1. The van der Waals surface area contributed by atoms with Crippen molar-refractivity contribution in [1.29, 1.82) is 0 Å². The Morgan fingerprint density at radius 3 is 2.70 bits per heavy atom. The first kappa shape index (κ1) is 15.8. The van der Waals surface area contributed by atoms with Gasteiger partial charge in [-0.15, -0.1) is 0 Å². The summed E-state index contributed by atoms with van der Waals surface area (Å²) in [6.45, 7) is 0.564. The highest BCUT2D eigenvalue weighted by Gasteiger charge is 2.01. The Labute approximate surface area is 121 Å². The third-order valence-electron chi connectivity index (χ3n) is 2.33. The van der Waals surface area contributed by atoms with E-state index in [0.29, 0.717) is 22.9 Å². The molecule has 0 radical (unpaired) electrons. The van der Waals surface area contributed by atoms with Crippen LogP contribution in [0.2, 0.25) is 5.02 Å². The summed E-state index contributed by atoms with van der Waals surface area (Å²) in [4.78, 5) is 21.9. The van der Waals surface area contributed by atoms with Gasteiger partial charge in [0, 0.05) is 29.8 Å². The molecule has 1 rings (SSSR count). The van der Waals surface area contributed by atoms with E-state index in [1.807, 2.05) is 0 Å². The number of halogens is 1. The van der Waals surface area contributed by atoms with Crippen LogP contribution < -0.4 is 21.1 Å². The summed E-state index contributed by atoms with van der Waals surface area (Å²) in [7, 11) is 1.54. The third-order valence-corrected chi connectivity index (χ3v) is 2.56. The Morgan fingerprint density at radius 1 is 1.35 bits per heavy atom. The highest BCUT2D eigenvalue weighted by Crippen LogP contribution is 2.23. The molecular formula is C13H16ClN3O3. The van der Waals surface area contributed by atoms with Crippen molar-refractivity contribution < 1.29 is 14.3 Å². The molecule has 0 unspecified atom stereocenters. The van der Waals surface area contributed by atoms with Gasteiger partial charge in [0.2, 0.25) is 5.91 Å². The topological polar surface area (TPSA) is 93.4 Å². The quantitative estimate of drug-likeness (QED) is 0.543. The summed E-state index contributed by atoms with van der Waals surface area (Å²) >= 11 is 5.88. The molecule has 0 aliphatic carbocycles. The highest BCUT2D eigenvalue weighted by atomic mass is 35.5. The van der Waals surface area contributed by atoms with Crippen molar-refractivity contribution in [3.8, 4) is 5.75 Å². The molecule has 108 valence electrons. The Balaban J connectivity index is 2.52. The Kier molecular flexibility index (Phi) is 6.39. The standard InChI is InChI=1S/C13H16ClN3O3/c1-20-11-4-3-10(14)8-9(11)2-5-12(18)16-6-7-17-13(15)19/h2-5,8H,6-7H2,1H3,(H,16,18)(H3,15,17,19)/b5-2-. The smallest absolute Gasteiger partial charge is 0.312 e. The van der Waals surface area contributed by atoms with E-state index in [4.69, 9.17) is 22.1 Å². The van der Waals surface area contributed by atoms with E-state index in [2.05, 4.69) is 10.6 Å². The normalized spacial score (nSPS) is 10.3. The molecule has 0 atom stereocenters. The van der Waals surface area contributed by atoms with Crippen LogP contribution in [0.15, 0.2) is 24.3 Å². The summed E-state index contributed by atoms with van der Waals surface area (Å²) in [6, 6.07) is 4.49. The third kappa shape index (κ3) is 5.62. The second kappa shape index (κ2) is 8.06. The summed E-state index contributed by atoms with van der Waals surface area (Å²) in [5.74, 6) is 0.326. The number of methoxy groups -OCH3 is 1. The van der Waals surface area contributed by atoms with Crippen molar-refractivity contribution in [3.05, 3.63) is 34.9 Å². The van der Waals surface area contributed by atoms with Crippen LogP contribution in [-0.4, -0.2) is 32.1 Å². The minimum Gasteiger partial charge on any atom is -0.496 e. The zero-order valence-electron chi connectivity index (χ0n) is 11.0. The van der Waals surface area contributed by atoms with Crippen LogP contribution in [0, 0.1) is 0 Å². The fourth-order valence-corrected chi connectivity index (χ4v) is 1.61. The molecule has 0 bridgehead atoms. The molecule has 4 N–H and O–H groups in total. The van der Waals surface area contributed by atoms with E-state index in [-0.39, 0.29) is 12.5 Å². The first-order valence-corrected chi connectivity index (χ1v) is 6.23. The molecule has 6 nitrogen and oxygen atoms in total. The molecule has 1 aromatic carbocycles. The number of urea groups is 1. The lowest BCUT2D eigenvalue weighted by atomic mass is 10.2. The molecule has 1 aromatic rings. The van der Waals surface area contributed by atoms with E-state index in [9.17, 15) is 9.59 Å². The van der Waals surface area contributed by atoms with Crippen LogP contribution in [0.25, 0.3) is 6.08 Å². The van der Waals surface area contributed by atoms with Gasteiger partial charge in [-0.2, -0.15) is 0 Å². The monoisotopic (exact) mass is 297 g/mol. The van der Waals surface area contributed by atoms with Crippen molar-refractivity contribution in [2.75, 3.05) is 20.2 Å². The van der Waals surface area contributed by atoms with Gasteiger partial charge in [0.05, 0.1) is 7.11 Å². The first-order valence-electron chi connectivity index (χ1n) is 5.85. The number of carbonyl (C=O) groups excluding carboxylic acids is 2. The lowest BCUT2D eigenvalue weighted by Gasteiger charge is -2.05. The fraction of sp³-hybridized carbons (Fsp3) is 0.231. The van der Waals surface area contributed by atoms with Gasteiger partial charge in [0.15, 0.2) is 0 Å².